The molecule has 1 N–H and O–H groups in total. The van der Waals surface area contributed by atoms with Crippen molar-refractivity contribution in [1.82, 2.24) is 14.8 Å². The molecule has 0 spiro atoms. The van der Waals surface area contributed by atoms with Crippen LogP contribution >= 0.6 is 0 Å². The molecule has 3 aromatic rings. The van der Waals surface area contributed by atoms with Crippen LogP contribution in [0.4, 0.5) is 5.95 Å². The number of ether oxygens (including phenoxy) is 1. The van der Waals surface area contributed by atoms with E-state index in [9.17, 15) is 4.79 Å². The predicted molar refractivity (Wildman–Crippen MR) is 111 cm³/mol. The highest BCUT2D eigenvalue weighted by Gasteiger charge is 2.36. The predicted octanol–water partition coefficient (Wildman–Crippen LogP) is 4.28. The average molecular weight is 386 g/mol. The van der Waals surface area contributed by atoms with Gasteiger partial charge in [0.1, 0.15) is 11.8 Å². The van der Waals surface area contributed by atoms with E-state index in [2.05, 4.69) is 18.3 Å². The first-order valence-electron chi connectivity index (χ1n) is 9.85. The molecule has 1 aliphatic carbocycles. The van der Waals surface area contributed by atoms with Gasteiger partial charge in [-0.2, -0.15) is 4.98 Å². The largest absolute Gasteiger partial charge is 0.497 e. The van der Waals surface area contributed by atoms with E-state index in [1.165, 1.54) is 0 Å². The minimum atomic E-state index is -0.287. The number of rotatable bonds is 3. The molecular formula is C23H22N4O2. The van der Waals surface area contributed by atoms with E-state index in [0.29, 0.717) is 18.2 Å². The minimum Gasteiger partial charge on any atom is -0.497 e. The van der Waals surface area contributed by atoms with Gasteiger partial charge in [-0.05, 0) is 43.0 Å². The summed E-state index contributed by atoms with van der Waals surface area (Å²) < 4.78 is 7.16. The van der Waals surface area contributed by atoms with E-state index in [0.717, 1.165) is 46.6 Å². The highest BCUT2D eigenvalue weighted by Crippen LogP contribution is 2.41. The van der Waals surface area contributed by atoms with Gasteiger partial charge in [-0.3, -0.25) is 4.79 Å². The molecule has 1 atom stereocenters. The number of hydrogen-bond acceptors (Lipinski definition) is 5. The summed E-state index contributed by atoms with van der Waals surface area (Å²) in [6.45, 7) is 2.05. The Morgan fingerprint density at radius 1 is 1.10 bits per heavy atom. The monoisotopic (exact) mass is 386 g/mol. The minimum absolute atomic E-state index is 0.179. The molecule has 0 fully saturated rings. The number of ketones is 1. The molecular weight excluding hydrogens is 364 g/mol. The topological polar surface area (TPSA) is 69.0 Å². The first kappa shape index (κ1) is 17.7. The van der Waals surface area contributed by atoms with E-state index in [1.807, 2.05) is 47.1 Å². The lowest BCUT2D eigenvalue weighted by Gasteiger charge is -2.32. The molecule has 2 aliphatic rings. The zero-order chi connectivity index (χ0) is 20.0. The summed E-state index contributed by atoms with van der Waals surface area (Å²) in [6, 6.07) is 15.6. The lowest BCUT2D eigenvalue weighted by atomic mass is 9.85. The van der Waals surface area contributed by atoms with Crippen LogP contribution in [-0.4, -0.2) is 27.7 Å². The van der Waals surface area contributed by atoms with Gasteiger partial charge in [-0.25, -0.2) is 4.68 Å². The molecule has 6 nitrogen and oxygen atoms in total. The molecule has 5 rings (SSSR count). The number of carbonyl (C=O) groups is 1. The van der Waals surface area contributed by atoms with Crippen molar-refractivity contribution >= 4 is 11.7 Å². The van der Waals surface area contributed by atoms with Crippen LogP contribution in [0, 0.1) is 6.92 Å². The number of aryl methyl sites for hydroxylation is 1. The van der Waals surface area contributed by atoms with E-state index >= 15 is 0 Å². The summed E-state index contributed by atoms with van der Waals surface area (Å²) in [5, 5.41) is 8.22. The van der Waals surface area contributed by atoms with Crippen molar-refractivity contribution in [3.05, 3.63) is 70.9 Å². The van der Waals surface area contributed by atoms with Crippen molar-refractivity contribution in [2.24, 2.45) is 0 Å². The Kier molecular flexibility index (Phi) is 4.19. The van der Waals surface area contributed by atoms with E-state index in [4.69, 9.17) is 14.8 Å². The first-order chi connectivity index (χ1) is 14.2. The lowest BCUT2D eigenvalue weighted by Crippen LogP contribution is -2.31. The number of Topliss-reactive ketones (excluding diaryl/α,β-unsaturated/α-hetero) is 1. The Morgan fingerprint density at radius 3 is 2.66 bits per heavy atom. The molecule has 1 aliphatic heterocycles. The summed E-state index contributed by atoms with van der Waals surface area (Å²) in [6.07, 6.45) is 2.28. The number of benzene rings is 2. The molecule has 146 valence electrons. The number of carbonyl (C=O) groups excluding carboxylic acids is 1. The van der Waals surface area contributed by atoms with Gasteiger partial charge in [0, 0.05) is 23.3 Å². The number of methoxy groups -OCH3 is 1. The summed E-state index contributed by atoms with van der Waals surface area (Å²) in [5.41, 5.74) is 4.88. The maximum atomic E-state index is 12.9. The first-order valence-corrected chi connectivity index (χ1v) is 9.85. The van der Waals surface area contributed by atoms with Gasteiger partial charge in [0.25, 0.3) is 0 Å². The van der Waals surface area contributed by atoms with Gasteiger partial charge in [0.05, 0.1) is 7.11 Å². The normalized spacial score (nSPS) is 18.1. The average Bonchev–Trinajstić information content (AvgIpc) is 3.16. The highest BCUT2D eigenvalue weighted by atomic mass is 16.5. The quantitative estimate of drug-likeness (QED) is 0.727. The third-order valence-corrected chi connectivity index (χ3v) is 5.69. The molecule has 0 radical (unpaired) electrons. The number of fused-ring (bicyclic) bond motifs is 1. The fourth-order valence-corrected chi connectivity index (χ4v) is 4.19. The van der Waals surface area contributed by atoms with Crippen LogP contribution in [0.2, 0.25) is 0 Å². The van der Waals surface area contributed by atoms with Crippen molar-refractivity contribution in [3.63, 3.8) is 0 Å². The van der Waals surface area contributed by atoms with Gasteiger partial charge in [-0.1, -0.05) is 36.4 Å². The van der Waals surface area contributed by atoms with E-state index < -0.39 is 0 Å². The third-order valence-electron chi connectivity index (χ3n) is 5.69. The molecule has 2 heterocycles. The fourth-order valence-electron chi connectivity index (χ4n) is 4.19. The van der Waals surface area contributed by atoms with Gasteiger partial charge in [-0.15, -0.1) is 5.10 Å². The fraction of sp³-hybridized carbons (Fsp3) is 0.261. The number of anilines is 1. The summed E-state index contributed by atoms with van der Waals surface area (Å²) in [7, 11) is 1.65. The van der Waals surface area contributed by atoms with E-state index in [1.54, 1.807) is 7.11 Å². The standard InChI is InChI=1S/C23H22N4O2/c1-14-6-3-4-7-17(14)22-25-23-24-18-8-5-9-19(28)20(18)21(27(23)26-22)15-10-12-16(29-2)13-11-15/h3-4,6-7,10-13,21H,5,8-9H2,1-2H3,(H,24,25,26). The van der Waals surface area contributed by atoms with E-state index in [-0.39, 0.29) is 11.8 Å². The Balaban J connectivity index is 1.67. The Morgan fingerprint density at radius 2 is 1.90 bits per heavy atom. The zero-order valence-electron chi connectivity index (χ0n) is 16.5. The maximum Gasteiger partial charge on any atom is 0.226 e. The van der Waals surface area contributed by atoms with Crippen LogP contribution in [0.3, 0.4) is 0 Å². The van der Waals surface area contributed by atoms with Crippen LogP contribution in [0.5, 0.6) is 5.75 Å². The molecule has 0 saturated carbocycles. The summed E-state index contributed by atoms with van der Waals surface area (Å²) in [5.74, 6) is 2.30. The molecule has 1 unspecified atom stereocenters. The van der Waals surface area contributed by atoms with Crippen molar-refractivity contribution in [3.8, 4) is 17.1 Å². The van der Waals surface area contributed by atoms with Crippen LogP contribution < -0.4 is 10.1 Å². The van der Waals surface area contributed by atoms with Crippen molar-refractivity contribution in [1.29, 1.82) is 0 Å². The number of allylic oxidation sites excluding steroid dienone is 2. The summed E-state index contributed by atoms with van der Waals surface area (Å²) in [4.78, 5) is 17.7. The highest BCUT2D eigenvalue weighted by molar-refractivity contribution is 5.99. The van der Waals surface area contributed by atoms with Crippen molar-refractivity contribution < 1.29 is 9.53 Å². The molecule has 0 saturated heterocycles. The van der Waals surface area contributed by atoms with Gasteiger partial charge >= 0.3 is 0 Å². The zero-order valence-corrected chi connectivity index (χ0v) is 16.5. The molecule has 0 amide bonds. The molecule has 29 heavy (non-hydrogen) atoms. The van der Waals surface area contributed by atoms with Gasteiger partial charge < -0.3 is 10.1 Å². The lowest BCUT2D eigenvalue weighted by molar-refractivity contribution is -0.116. The molecule has 6 heteroatoms. The Bertz CT molecular complexity index is 1130. The third kappa shape index (κ3) is 2.92. The summed E-state index contributed by atoms with van der Waals surface area (Å²) >= 11 is 0. The Hall–Kier alpha value is -3.41. The Labute approximate surface area is 169 Å². The molecule has 2 aromatic carbocycles. The van der Waals surface area contributed by atoms with Gasteiger partial charge in [0.2, 0.25) is 5.95 Å². The molecule has 1 aromatic heterocycles. The van der Waals surface area contributed by atoms with Crippen LogP contribution in [0.15, 0.2) is 59.8 Å². The maximum absolute atomic E-state index is 12.9. The second-order valence-electron chi connectivity index (χ2n) is 7.49. The van der Waals surface area contributed by atoms with Crippen LogP contribution in [0.1, 0.15) is 36.4 Å². The number of hydrogen-bond donors (Lipinski definition) is 1. The number of aromatic nitrogens is 3. The smallest absolute Gasteiger partial charge is 0.226 e. The number of nitrogens with one attached hydrogen (secondary N) is 1. The van der Waals surface area contributed by atoms with Crippen LogP contribution in [-0.2, 0) is 4.79 Å². The molecule has 0 bridgehead atoms. The second-order valence-corrected chi connectivity index (χ2v) is 7.49. The van der Waals surface area contributed by atoms with Crippen LogP contribution in [0.25, 0.3) is 11.4 Å². The van der Waals surface area contributed by atoms with Crippen molar-refractivity contribution in [2.45, 2.75) is 32.2 Å². The van der Waals surface area contributed by atoms with Crippen molar-refractivity contribution in [2.75, 3.05) is 12.4 Å². The second kappa shape index (κ2) is 6.88. The number of nitrogens with zero attached hydrogens (tertiary/aromatic N) is 3. The SMILES string of the molecule is COc1ccc(C2C3=C(CCCC3=O)Nc3nc(-c4ccccc4C)nn32)cc1. The van der Waals surface area contributed by atoms with Gasteiger partial charge in [0.15, 0.2) is 11.6 Å².